The first-order chi connectivity index (χ1) is 17.4. The summed E-state index contributed by atoms with van der Waals surface area (Å²) in [5, 5.41) is 7.79. The second-order valence-corrected chi connectivity index (χ2v) is 9.64. The Morgan fingerprint density at radius 1 is 1.17 bits per heavy atom. The largest absolute Gasteiger partial charge is 0.494 e. The SMILES string of the molecule is CCn1cc(C(=O)N2Cc3nc(NC(=O)c4cnc(C)cc4-c4cc(Cl)ncc4OC)sc3C2)cn1. The van der Waals surface area contributed by atoms with E-state index in [0.29, 0.717) is 52.8 Å². The van der Waals surface area contributed by atoms with Crippen molar-refractivity contribution in [2.45, 2.75) is 33.5 Å². The highest BCUT2D eigenvalue weighted by atomic mass is 35.5. The molecule has 0 bridgehead atoms. The van der Waals surface area contributed by atoms with Crippen LogP contribution >= 0.6 is 22.9 Å². The number of carbonyl (C=O) groups is 2. The van der Waals surface area contributed by atoms with Crippen LogP contribution in [0.5, 0.6) is 5.75 Å². The van der Waals surface area contributed by atoms with E-state index >= 15 is 0 Å². The summed E-state index contributed by atoms with van der Waals surface area (Å²) >= 11 is 7.48. The third-order valence-corrected chi connectivity index (χ3v) is 7.00. The number of fused-ring (bicyclic) bond motifs is 1. The van der Waals surface area contributed by atoms with E-state index in [2.05, 4.69) is 25.4 Å². The average Bonchev–Trinajstić information content (AvgIpc) is 3.58. The van der Waals surface area contributed by atoms with Gasteiger partial charge in [-0.25, -0.2) is 9.97 Å². The van der Waals surface area contributed by atoms with E-state index in [1.807, 2.05) is 13.8 Å². The highest BCUT2D eigenvalue weighted by Crippen LogP contribution is 2.35. The summed E-state index contributed by atoms with van der Waals surface area (Å²) < 4.78 is 7.15. The Balaban J connectivity index is 1.35. The predicted molar refractivity (Wildman–Crippen MR) is 135 cm³/mol. The van der Waals surface area contributed by atoms with Crippen LogP contribution < -0.4 is 10.1 Å². The number of pyridine rings is 2. The second kappa shape index (κ2) is 9.67. The van der Waals surface area contributed by atoms with Crippen LogP contribution in [0, 0.1) is 6.92 Å². The molecule has 1 aliphatic rings. The number of rotatable bonds is 6. The highest BCUT2D eigenvalue weighted by molar-refractivity contribution is 7.16. The number of amides is 2. The molecule has 36 heavy (non-hydrogen) atoms. The number of halogens is 1. The van der Waals surface area contributed by atoms with Crippen LogP contribution in [0.3, 0.4) is 0 Å². The topological polar surface area (TPSA) is 115 Å². The molecule has 0 spiro atoms. The molecule has 1 aliphatic heterocycles. The quantitative estimate of drug-likeness (QED) is 0.377. The molecule has 0 radical (unpaired) electrons. The van der Waals surface area contributed by atoms with Gasteiger partial charge in [-0.05, 0) is 26.0 Å². The molecule has 0 saturated carbocycles. The highest BCUT2D eigenvalue weighted by Gasteiger charge is 2.29. The zero-order valence-corrected chi connectivity index (χ0v) is 21.4. The molecule has 4 aromatic rings. The average molecular weight is 524 g/mol. The molecule has 12 heteroatoms. The minimum absolute atomic E-state index is 0.0918. The first-order valence-electron chi connectivity index (χ1n) is 11.1. The lowest BCUT2D eigenvalue weighted by Gasteiger charge is -2.14. The van der Waals surface area contributed by atoms with E-state index in [4.69, 9.17) is 16.3 Å². The minimum atomic E-state index is -0.361. The van der Waals surface area contributed by atoms with Crippen LogP contribution in [-0.2, 0) is 19.6 Å². The second-order valence-electron chi connectivity index (χ2n) is 8.17. The van der Waals surface area contributed by atoms with E-state index in [1.165, 1.54) is 30.8 Å². The van der Waals surface area contributed by atoms with Crippen molar-refractivity contribution in [3.05, 3.63) is 69.5 Å². The summed E-state index contributed by atoms with van der Waals surface area (Å²) in [5.74, 6) is 0.0344. The summed E-state index contributed by atoms with van der Waals surface area (Å²) in [6.07, 6.45) is 6.36. The van der Waals surface area contributed by atoms with Gasteiger partial charge in [-0.1, -0.05) is 22.9 Å². The Bertz CT molecular complexity index is 1460. The third-order valence-electron chi connectivity index (χ3n) is 5.79. The standard InChI is InChI=1S/C24H22ClN7O3S/c1-4-32-10-14(7-28-32)23(34)31-11-18-20(12-31)36-24(29-18)30-22(33)17-8-26-13(2)5-15(17)16-6-21(25)27-9-19(16)35-3/h5-10H,4,11-12H2,1-3H3,(H,29,30,33). The van der Waals surface area contributed by atoms with Crippen molar-refractivity contribution in [2.24, 2.45) is 0 Å². The molecular weight excluding hydrogens is 502 g/mol. The third kappa shape index (κ3) is 4.54. The van der Waals surface area contributed by atoms with Crippen molar-refractivity contribution >= 4 is 39.9 Å². The number of anilines is 1. The summed E-state index contributed by atoms with van der Waals surface area (Å²) in [5.41, 5.74) is 3.66. The van der Waals surface area contributed by atoms with Crippen molar-refractivity contribution in [3.63, 3.8) is 0 Å². The molecule has 2 amide bonds. The summed E-state index contributed by atoms with van der Waals surface area (Å²) in [4.78, 5) is 41.7. The fraction of sp³-hybridized carbons (Fsp3) is 0.250. The van der Waals surface area contributed by atoms with Crippen LogP contribution in [-0.4, -0.2) is 48.6 Å². The van der Waals surface area contributed by atoms with Crippen molar-refractivity contribution in [1.29, 1.82) is 0 Å². The molecule has 0 saturated heterocycles. The number of thiazole rings is 1. The Morgan fingerprint density at radius 3 is 2.72 bits per heavy atom. The number of aryl methyl sites for hydroxylation is 2. The Morgan fingerprint density at radius 2 is 2.00 bits per heavy atom. The number of carbonyl (C=O) groups excluding carboxylic acids is 2. The van der Waals surface area contributed by atoms with Gasteiger partial charge < -0.3 is 9.64 Å². The molecule has 1 N–H and O–H groups in total. The first kappa shape index (κ1) is 23.9. The minimum Gasteiger partial charge on any atom is -0.494 e. The lowest BCUT2D eigenvalue weighted by atomic mass is 10.0. The van der Waals surface area contributed by atoms with Gasteiger partial charge in [-0.15, -0.1) is 0 Å². The fourth-order valence-electron chi connectivity index (χ4n) is 3.99. The van der Waals surface area contributed by atoms with Crippen molar-refractivity contribution in [1.82, 2.24) is 29.6 Å². The van der Waals surface area contributed by atoms with Crippen LogP contribution in [0.2, 0.25) is 5.15 Å². The first-order valence-corrected chi connectivity index (χ1v) is 12.3. The molecule has 5 heterocycles. The van der Waals surface area contributed by atoms with E-state index in [0.717, 1.165) is 16.3 Å². The number of aromatic nitrogens is 5. The van der Waals surface area contributed by atoms with Crippen LogP contribution in [0.4, 0.5) is 5.13 Å². The molecule has 4 aromatic heterocycles. The Kier molecular flexibility index (Phi) is 6.42. The molecule has 0 aliphatic carbocycles. The molecule has 0 fully saturated rings. The summed E-state index contributed by atoms with van der Waals surface area (Å²) in [6.45, 7) is 5.31. The predicted octanol–water partition coefficient (Wildman–Crippen LogP) is 4.20. The molecule has 0 atom stereocenters. The zero-order valence-electron chi connectivity index (χ0n) is 19.8. The maximum absolute atomic E-state index is 13.3. The van der Waals surface area contributed by atoms with Gasteiger partial charge in [-0.3, -0.25) is 24.6 Å². The van der Waals surface area contributed by atoms with Gasteiger partial charge in [0.05, 0.1) is 54.3 Å². The number of nitrogens with zero attached hydrogens (tertiary/aromatic N) is 6. The summed E-state index contributed by atoms with van der Waals surface area (Å²) in [7, 11) is 1.53. The Hall–Kier alpha value is -3.83. The van der Waals surface area contributed by atoms with Crippen LogP contribution in [0.1, 0.15) is 43.9 Å². The van der Waals surface area contributed by atoms with Crippen molar-refractivity contribution in [2.75, 3.05) is 12.4 Å². The monoisotopic (exact) mass is 523 g/mol. The molecule has 5 rings (SSSR count). The number of hydrogen-bond acceptors (Lipinski definition) is 8. The molecule has 0 aromatic carbocycles. The van der Waals surface area contributed by atoms with Crippen molar-refractivity contribution in [3.8, 4) is 16.9 Å². The van der Waals surface area contributed by atoms with Gasteiger partial charge in [0.2, 0.25) is 0 Å². The Labute approximate surface area is 215 Å². The van der Waals surface area contributed by atoms with Gasteiger partial charge in [0, 0.05) is 35.8 Å². The molecule has 184 valence electrons. The number of ether oxygens (including phenoxy) is 1. The lowest BCUT2D eigenvalue weighted by molar-refractivity contribution is 0.0750. The molecule has 10 nitrogen and oxygen atoms in total. The van der Waals surface area contributed by atoms with E-state index < -0.39 is 0 Å². The van der Waals surface area contributed by atoms with Gasteiger partial charge in [0.15, 0.2) is 5.13 Å². The smallest absolute Gasteiger partial charge is 0.259 e. The zero-order chi connectivity index (χ0) is 25.4. The van der Waals surface area contributed by atoms with E-state index in [1.54, 1.807) is 34.1 Å². The van der Waals surface area contributed by atoms with E-state index in [9.17, 15) is 9.59 Å². The van der Waals surface area contributed by atoms with E-state index in [-0.39, 0.29) is 17.0 Å². The van der Waals surface area contributed by atoms with Crippen LogP contribution in [0.15, 0.2) is 36.9 Å². The summed E-state index contributed by atoms with van der Waals surface area (Å²) in [6, 6.07) is 3.45. The molecule has 0 unspecified atom stereocenters. The maximum Gasteiger partial charge on any atom is 0.259 e. The number of methoxy groups -OCH3 is 1. The van der Waals surface area contributed by atoms with Gasteiger partial charge in [-0.2, -0.15) is 5.10 Å². The fourth-order valence-corrected chi connectivity index (χ4v) is 5.12. The van der Waals surface area contributed by atoms with Crippen molar-refractivity contribution < 1.29 is 14.3 Å². The normalized spacial score (nSPS) is 12.5. The maximum atomic E-state index is 13.3. The van der Waals surface area contributed by atoms with Gasteiger partial charge >= 0.3 is 0 Å². The number of hydrogen-bond donors (Lipinski definition) is 1. The van der Waals surface area contributed by atoms with Crippen LogP contribution in [0.25, 0.3) is 11.1 Å². The molecular formula is C24H22ClN7O3S. The lowest BCUT2D eigenvalue weighted by Crippen LogP contribution is -2.25. The van der Waals surface area contributed by atoms with Gasteiger partial charge in [0.1, 0.15) is 10.9 Å². The van der Waals surface area contributed by atoms with Gasteiger partial charge in [0.25, 0.3) is 11.8 Å². The number of nitrogens with one attached hydrogen (secondary N) is 1.